The van der Waals surface area contributed by atoms with Crippen molar-refractivity contribution in [2.24, 2.45) is 10.9 Å². The van der Waals surface area contributed by atoms with Gasteiger partial charge in [0.25, 0.3) is 0 Å². The summed E-state index contributed by atoms with van der Waals surface area (Å²) >= 11 is 0. The number of halogens is 3. The number of carbonyl (C=O) groups excluding carboxylic acids is 1. The molecule has 0 saturated carbocycles. The van der Waals surface area contributed by atoms with Gasteiger partial charge in [-0.3, -0.25) is 4.99 Å². The van der Waals surface area contributed by atoms with E-state index in [4.69, 9.17) is 4.74 Å². The Bertz CT molecular complexity index is 374. The van der Waals surface area contributed by atoms with E-state index in [2.05, 4.69) is 20.9 Å². The molecule has 0 aromatic carbocycles. The summed E-state index contributed by atoms with van der Waals surface area (Å²) < 4.78 is 41.2. The van der Waals surface area contributed by atoms with Gasteiger partial charge in [-0.15, -0.1) is 0 Å². The summed E-state index contributed by atoms with van der Waals surface area (Å²) in [6.45, 7) is 6.08. The lowest BCUT2D eigenvalue weighted by Crippen LogP contribution is -2.48. The summed E-state index contributed by atoms with van der Waals surface area (Å²) in [6, 6.07) is -0.213. The molecular weight excluding hydrogens is 313 g/mol. The van der Waals surface area contributed by atoms with E-state index in [9.17, 15) is 18.0 Å². The summed E-state index contributed by atoms with van der Waals surface area (Å²) in [6.07, 6.45) is -4.97. The molecule has 23 heavy (non-hydrogen) atoms. The molecule has 1 amide bonds. The zero-order valence-corrected chi connectivity index (χ0v) is 14.1. The summed E-state index contributed by atoms with van der Waals surface area (Å²) in [5.41, 5.74) is 0. The molecule has 1 atom stereocenters. The minimum atomic E-state index is -4.21. The van der Waals surface area contributed by atoms with Crippen molar-refractivity contribution < 1.29 is 22.7 Å². The molecule has 0 bridgehead atoms. The molecule has 0 aliphatic heterocycles. The van der Waals surface area contributed by atoms with Crippen LogP contribution in [0.4, 0.5) is 18.0 Å². The second-order valence-corrected chi connectivity index (χ2v) is 5.44. The normalized spacial score (nSPS) is 13.7. The maximum Gasteiger partial charge on any atom is 0.407 e. The van der Waals surface area contributed by atoms with Crippen LogP contribution in [-0.2, 0) is 4.74 Å². The third kappa shape index (κ3) is 12.5. The lowest BCUT2D eigenvalue weighted by molar-refractivity contribution is -0.132. The van der Waals surface area contributed by atoms with Crippen molar-refractivity contribution in [3.8, 4) is 0 Å². The van der Waals surface area contributed by atoms with E-state index in [-0.39, 0.29) is 25.2 Å². The van der Waals surface area contributed by atoms with E-state index in [0.717, 1.165) is 0 Å². The SMILES string of the molecule is CCOC(=O)NC(CNC(=NC)NCCC(F)(F)F)CC(C)C. The highest BCUT2D eigenvalue weighted by atomic mass is 19.4. The molecule has 0 radical (unpaired) electrons. The van der Waals surface area contributed by atoms with Crippen molar-refractivity contribution in [2.45, 2.75) is 45.8 Å². The van der Waals surface area contributed by atoms with Gasteiger partial charge in [0.15, 0.2) is 5.96 Å². The fraction of sp³-hybridized carbons (Fsp3) is 0.857. The van der Waals surface area contributed by atoms with Crippen molar-refractivity contribution in [2.75, 3.05) is 26.7 Å². The van der Waals surface area contributed by atoms with Gasteiger partial charge in [-0.2, -0.15) is 13.2 Å². The Morgan fingerprint density at radius 1 is 1.26 bits per heavy atom. The molecular formula is C14H27F3N4O2. The Morgan fingerprint density at radius 3 is 2.39 bits per heavy atom. The van der Waals surface area contributed by atoms with Crippen LogP contribution in [0, 0.1) is 5.92 Å². The van der Waals surface area contributed by atoms with Gasteiger partial charge >= 0.3 is 12.3 Å². The van der Waals surface area contributed by atoms with Crippen LogP contribution in [0.5, 0.6) is 0 Å². The number of alkyl carbamates (subject to hydrolysis) is 1. The number of aliphatic imine (C=N–C) groups is 1. The van der Waals surface area contributed by atoms with E-state index < -0.39 is 18.7 Å². The van der Waals surface area contributed by atoms with Crippen LogP contribution in [0.3, 0.4) is 0 Å². The molecule has 0 saturated heterocycles. The quantitative estimate of drug-likeness (QED) is 0.468. The fourth-order valence-electron chi connectivity index (χ4n) is 1.86. The number of nitrogens with one attached hydrogen (secondary N) is 3. The van der Waals surface area contributed by atoms with Gasteiger partial charge in [-0.05, 0) is 19.3 Å². The summed E-state index contributed by atoms with van der Waals surface area (Å²) in [7, 11) is 1.47. The van der Waals surface area contributed by atoms with Crippen LogP contribution in [0.25, 0.3) is 0 Å². The van der Waals surface area contributed by atoms with E-state index in [0.29, 0.717) is 18.9 Å². The highest BCUT2D eigenvalue weighted by Crippen LogP contribution is 2.18. The number of nitrogens with zero attached hydrogens (tertiary/aromatic N) is 1. The number of alkyl halides is 3. The van der Waals surface area contributed by atoms with Crippen LogP contribution in [0.1, 0.15) is 33.6 Å². The van der Waals surface area contributed by atoms with Crippen LogP contribution < -0.4 is 16.0 Å². The first kappa shape index (κ1) is 21.3. The van der Waals surface area contributed by atoms with Crippen molar-refractivity contribution in [1.82, 2.24) is 16.0 Å². The average Bonchev–Trinajstić information content (AvgIpc) is 2.40. The molecule has 0 heterocycles. The van der Waals surface area contributed by atoms with E-state index >= 15 is 0 Å². The zero-order valence-electron chi connectivity index (χ0n) is 14.1. The Morgan fingerprint density at radius 2 is 1.91 bits per heavy atom. The number of ether oxygens (including phenoxy) is 1. The van der Waals surface area contributed by atoms with E-state index in [1.165, 1.54) is 7.05 Å². The number of amides is 1. The number of rotatable bonds is 8. The first-order chi connectivity index (χ1) is 10.7. The largest absolute Gasteiger partial charge is 0.450 e. The number of guanidine groups is 1. The lowest BCUT2D eigenvalue weighted by Gasteiger charge is -2.22. The zero-order chi connectivity index (χ0) is 17.9. The Hall–Kier alpha value is -1.67. The second-order valence-electron chi connectivity index (χ2n) is 5.44. The smallest absolute Gasteiger partial charge is 0.407 e. The molecule has 0 rings (SSSR count). The number of carbonyl (C=O) groups is 1. The van der Waals surface area contributed by atoms with Crippen LogP contribution >= 0.6 is 0 Å². The summed E-state index contributed by atoms with van der Waals surface area (Å²) in [4.78, 5) is 15.4. The molecule has 3 N–H and O–H groups in total. The van der Waals surface area contributed by atoms with Gasteiger partial charge in [0, 0.05) is 26.2 Å². The van der Waals surface area contributed by atoms with Crippen molar-refractivity contribution >= 4 is 12.1 Å². The first-order valence-corrected chi connectivity index (χ1v) is 7.62. The number of hydrogen-bond acceptors (Lipinski definition) is 3. The fourth-order valence-corrected chi connectivity index (χ4v) is 1.86. The average molecular weight is 340 g/mol. The Balaban J connectivity index is 4.36. The molecule has 0 fully saturated rings. The highest BCUT2D eigenvalue weighted by Gasteiger charge is 2.26. The van der Waals surface area contributed by atoms with Crippen molar-refractivity contribution in [3.05, 3.63) is 0 Å². The number of hydrogen-bond donors (Lipinski definition) is 3. The predicted octanol–water partition coefficient (Wildman–Crippen LogP) is 2.26. The maximum atomic E-state index is 12.1. The standard InChI is InChI=1S/C14H27F3N4O2/c1-5-23-13(22)21-11(8-10(2)3)9-20-12(18-4)19-7-6-14(15,16)17/h10-11H,5-9H2,1-4H3,(H,21,22)(H2,18,19,20). The maximum absolute atomic E-state index is 12.1. The van der Waals surface area contributed by atoms with Gasteiger partial charge in [-0.25, -0.2) is 4.79 Å². The first-order valence-electron chi connectivity index (χ1n) is 7.62. The Kier molecular flexibility index (Phi) is 10.2. The second kappa shape index (κ2) is 11.0. The van der Waals surface area contributed by atoms with Gasteiger partial charge in [-0.1, -0.05) is 13.8 Å². The van der Waals surface area contributed by atoms with Crippen molar-refractivity contribution in [3.63, 3.8) is 0 Å². The highest BCUT2D eigenvalue weighted by molar-refractivity contribution is 5.79. The van der Waals surface area contributed by atoms with E-state index in [1.54, 1.807) is 6.92 Å². The van der Waals surface area contributed by atoms with Crippen molar-refractivity contribution in [1.29, 1.82) is 0 Å². The summed E-state index contributed by atoms with van der Waals surface area (Å²) in [5.74, 6) is 0.595. The molecule has 0 aromatic rings. The van der Waals surface area contributed by atoms with Gasteiger partial charge < -0.3 is 20.7 Å². The molecule has 0 aromatic heterocycles. The Labute approximate surface area is 135 Å². The molecule has 1 unspecified atom stereocenters. The van der Waals surface area contributed by atoms with Crippen LogP contribution in [0.15, 0.2) is 4.99 Å². The molecule has 0 aliphatic rings. The van der Waals surface area contributed by atoms with Crippen LogP contribution in [-0.4, -0.2) is 51.0 Å². The molecule has 136 valence electrons. The lowest BCUT2D eigenvalue weighted by atomic mass is 10.0. The molecule has 0 spiro atoms. The van der Waals surface area contributed by atoms with Gasteiger partial charge in [0.2, 0.25) is 0 Å². The van der Waals surface area contributed by atoms with Crippen LogP contribution in [0.2, 0.25) is 0 Å². The third-order valence-corrected chi connectivity index (χ3v) is 2.79. The molecule has 0 aliphatic carbocycles. The monoisotopic (exact) mass is 340 g/mol. The summed E-state index contributed by atoms with van der Waals surface area (Å²) in [5, 5.41) is 8.22. The topological polar surface area (TPSA) is 74.8 Å². The van der Waals surface area contributed by atoms with E-state index in [1.807, 2.05) is 13.8 Å². The third-order valence-electron chi connectivity index (χ3n) is 2.79. The predicted molar refractivity (Wildman–Crippen MR) is 83.4 cm³/mol. The van der Waals surface area contributed by atoms with Gasteiger partial charge in [0.1, 0.15) is 0 Å². The minimum Gasteiger partial charge on any atom is -0.450 e. The minimum absolute atomic E-state index is 0.213. The molecule has 6 nitrogen and oxygen atoms in total. The van der Waals surface area contributed by atoms with Gasteiger partial charge in [0.05, 0.1) is 13.0 Å². The molecule has 9 heteroatoms.